The molecule has 1 amide bonds. The fraction of sp³-hybridized carbons (Fsp3) is 0.211. The Morgan fingerprint density at radius 1 is 1.15 bits per heavy atom. The number of aryl methyl sites for hydroxylation is 1. The lowest BCUT2D eigenvalue weighted by Crippen LogP contribution is -2.21. The number of carbonyl (C=O) groups excluding carboxylic acids is 1. The number of thiophene rings is 1. The quantitative estimate of drug-likeness (QED) is 0.704. The molecule has 3 aromatic rings. The van der Waals surface area contributed by atoms with Crippen LogP contribution in [0.15, 0.2) is 36.5 Å². The Labute approximate surface area is 155 Å². The molecule has 0 aromatic carbocycles. The van der Waals surface area contributed by atoms with Crippen LogP contribution in [0.2, 0.25) is 0 Å². The molecule has 3 aromatic heterocycles. The Bertz CT molecular complexity index is 999. The number of anilines is 1. The van der Waals surface area contributed by atoms with Crippen LogP contribution >= 0.6 is 11.3 Å². The van der Waals surface area contributed by atoms with Gasteiger partial charge in [0.2, 0.25) is 0 Å². The highest BCUT2D eigenvalue weighted by atomic mass is 32.1. The van der Waals surface area contributed by atoms with E-state index in [1.54, 1.807) is 36.7 Å². The molecule has 0 atom stereocenters. The van der Waals surface area contributed by atoms with E-state index in [1.165, 1.54) is 4.88 Å². The van der Waals surface area contributed by atoms with Gasteiger partial charge in [-0.3, -0.25) is 14.7 Å². The fourth-order valence-electron chi connectivity index (χ4n) is 2.96. The van der Waals surface area contributed by atoms with Crippen LogP contribution in [-0.4, -0.2) is 30.1 Å². The lowest BCUT2D eigenvalue weighted by Gasteiger charge is -2.11. The van der Waals surface area contributed by atoms with Crippen LogP contribution < -0.4 is 14.4 Å². The van der Waals surface area contributed by atoms with Crippen molar-refractivity contribution in [2.24, 2.45) is 0 Å². The summed E-state index contributed by atoms with van der Waals surface area (Å²) in [4.78, 5) is 24.6. The molecule has 0 radical (unpaired) electrons. The van der Waals surface area contributed by atoms with Crippen LogP contribution in [0.4, 0.5) is 5.00 Å². The van der Waals surface area contributed by atoms with Crippen molar-refractivity contribution in [1.29, 1.82) is 0 Å². The minimum absolute atomic E-state index is 0.00802. The first-order valence-electron chi connectivity index (χ1n) is 8.07. The standard InChI is InChI=1S/C19H17N3O3S/c1-11-4-7-17(26-11)22-10-15-13(19(22)23)5-6-14(21-15)12-8-16(24-2)18(25-3)20-9-12/h4-9H,10H2,1-3H3. The van der Waals surface area contributed by atoms with Gasteiger partial charge < -0.3 is 9.47 Å². The Hall–Kier alpha value is -2.93. The smallest absolute Gasteiger partial charge is 0.261 e. The first-order chi connectivity index (χ1) is 12.6. The third-order valence-corrected chi connectivity index (χ3v) is 5.30. The topological polar surface area (TPSA) is 64.5 Å². The van der Waals surface area contributed by atoms with Gasteiger partial charge in [0.1, 0.15) is 0 Å². The zero-order valence-corrected chi connectivity index (χ0v) is 15.5. The average molecular weight is 367 g/mol. The summed E-state index contributed by atoms with van der Waals surface area (Å²) in [5, 5.41) is 0.944. The molecule has 1 aliphatic heterocycles. The molecular formula is C19H17N3O3S. The molecule has 0 saturated heterocycles. The summed E-state index contributed by atoms with van der Waals surface area (Å²) >= 11 is 1.61. The van der Waals surface area contributed by atoms with Gasteiger partial charge in [-0.1, -0.05) is 0 Å². The number of methoxy groups -OCH3 is 2. The first kappa shape index (κ1) is 16.5. The van der Waals surface area contributed by atoms with E-state index in [4.69, 9.17) is 14.5 Å². The molecule has 0 aliphatic carbocycles. The normalized spacial score (nSPS) is 13.0. The van der Waals surface area contributed by atoms with E-state index < -0.39 is 0 Å². The van der Waals surface area contributed by atoms with Crippen LogP contribution in [0.1, 0.15) is 20.9 Å². The third-order valence-electron chi connectivity index (χ3n) is 4.28. The molecule has 132 valence electrons. The van der Waals surface area contributed by atoms with Gasteiger partial charge in [0, 0.05) is 16.6 Å². The maximum atomic E-state index is 12.7. The molecule has 26 heavy (non-hydrogen) atoms. The summed E-state index contributed by atoms with van der Waals surface area (Å²) in [6.07, 6.45) is 1.69. The van der Waals surface area contributed by atoms with Crippen molar-refractivity contribution in [1.82, 2.24) is 9.97 Å². The lowest BCUT2D eigenvalue weighted by atomic mass is 10.1. The van der Waals surface area contributed by atoms with E-state index in [2.05, 4.69) is 4.98 Å². The minimum atomic E-state index is -0.00802. The zero-order chi connectivity index (χ0) is 18.3. The maximum Gasteiger partial charge on any atom is 0.261 e. The third kappa shape index (κ3) is 2.70. The van der Waals surface area contributed by atoms with Crippen LogP contribution in [0.25, 0.3) is 11.3 Å². The van der Waals surface area contributed by atoms with Crippen molar-refractivity contribution in [3.8, 4) is 22.9 Å². The van der Waals surface area contributed by atoms with Crippen LogP contribution in [-0.2, 0) is 6.54 Å². The van der Waals surface area contributed by atoms with Gasteiger partial charge >= 0.3 is 0 Å². The van der Waals surface area contributed by atoms with E-state index in [1.807, 2.05) is 37.3 Å². The number of ether oxygens (including phenoxy) is 2. The van der Waals surface area contributed by atoms with E-state index in [0.29, 0.717) is 23.7 Å². The minimum Gasteiger partial charge on any atom is -0.491 e. The molecule has 4 rings (SSSR count). The average Bonchev–Trinajstić information content (AvgIpc) is 3.24. The summed E-state index contributed by atoms with van der Waals surface area (Å²) in [6.45, 7) is 2.50. The second kappa shape index (κ2) is 6.42. The molecule has 4 heterocycles. The number of nitrogens with zero attached hydrogens (tertiary/aromatic N) is 3. The lowest BCUT2D eigenvalue weighted by molar-refractivity contribution is 0.0997. The molecule has 1 aliphatic rings. The highest BCUT2D eigenvalue weighted by molar-refractivity contribution is 7.16. The summed E-state index contributed by atoms with van der Waals surface area (Å²) in [7, 11) is 3.11. The number of rotatable bonds is 4. The Morgan fingerprint density at radius 3 is 2.69 bits per heavy atom. The molecule has 0 bridgehead atoms. The summed E-state index contributed by atoms with van der Waals surface area (Å²) in [5.41, 5.74) is 2.97. The van der Waals surface area contributed by atoms with E-state index in [9.17, 15) is 4.79 Å². The predicted molar refractivity (Wildman–Crippen MR) is 100 cm³/mol. The Kier molecular flexibility index (Phi) is 4.08. The van der Waals surface area contributed by atoms with Crippen LogP contribution in [0.5, 0.6) is 11.6 Å². The van der Waals surface area contributed by atoms with Crippen molar-refractivity contribution in [2.45, 2.75) is 13.5 Å². The molecule has 0 unspecified atom stereocenters. The van der Waals surface area contributed by atoms with Crippen molar-refractivity contribution in [3.63, 3.8) is 0 Å². The second-order valence-corrected chi connectivity index (χ2v) is 7.17. The number of pyridine rings is 2. The van der Waals surface area contributed by atoms with Crippen LogP contribution in [0, 0.1) is 6.92 Å². The van der Waals surface area contributed by atoms with Gasteiger partial charge in [0.05, 0.1) is 42.7 Å². The van der Waals surface area contributed by atoms with Gasteiger partial charge in [-0.25, -0.2) is 4.98 Å². The number of amides is 1. The number of carbonyl (C=O) groups is 1. The van der Waals surface area contributed by atoms with Gasteiger partial charge in [0.15, 0.2) is 5.75 Å². The van der Waals surface area contributed by atoms with Gasteiger partial charge in [0.25, 0.3) is 11.8 Å². The van der Waals surface area contributed by atoms with Gasteiger partial charge in [-0.15, -0.1) is 11.3 Å². The Balaban J connectivity index is 1.69. The van der Waals surface area contributed by atoms with E-state index >= 15 is 0 Å². The molecular weight excluding hydrogens is 350 g/mol. The van der Waals surface area contributed by atoms with Crippen LogP contribution in [0.3, 0.4) is 0 Å². The van der Waals surface area contributed by atoms with E-state index in [0.717, 1.165) is 22.0 Å². The SMILES string of the molecule is COc1cc(-c2ccc3c(n2)CN(c2ccc(C)s2)C3=O)cnc1OC. The Morgan fingerprint density at radius 2 is 2.00 bits per heavy atom. The fourth-order valence-corrected chi connectivity index (χ4v) is 3.82. The number of hydrogen-bond donors (Lipinski definition) is 0. The molecule has 0 fully saturated rings. The van der Waals surface area contributed by atoms with Crippen molar-refractivity contribution in [3.05, 3.63) is 52.7 Å². The molecule has 7 heteroatoms. The molecule has 0 N–H and O–H groups in total. The monoisotopic (exact) mass is 367 g/mol. The summed E-state index contributed by atoms with van der Waals surface area (Å²) < 4.78 is 10.5. The number of fused-ring (bicyclic) bond motifs is 1. The van der Waals surface area contributed by atoms with Gasteiger partial charge in [-0.05, 0) is 37.3 Å². The second-order valence-electron chi connectivity index (χ2n) is 5.90. The van der Waals surface area contributed by atoms with Crippen molar-refractivity contribution < 1.29 is 14.3 Å². The maximum absolute atomic E-state index is 12.7. The highest BCUT2D eigenvalue weighted by Gasteiger charge is 2.30. The summed E-state index contributed by atoms with van der Waals surface area (Å²) in [5.74, 6) is 0.956. The molecule has 0 spiro atoms. The zero-order valence-electron chi connectivity index (χ0n) is 14.6. The highest BCUT2D eigenvalue weighted by Crippen LogP contribution is 2.34. The number of aromatic nitrogens is 2. The van der Waals surface area contributed by atoms with E-state index in [-0.39, 0.29) is 5.91 Å². The molecule has 6 nitrogen and oxygen atoms in total. The molecule has 0 saturated carbocycles. The van der Waals surface area contributed by atoms with Crippen molar-refractivity contribution in [2.75, 3.05) is 19.1 Å². The first-order valence-corrected chi connectivity index (χ1v) is 8.89. The predicted octanol–water partition coefficient (Wildman–Crippen LogP) is 3.69. The largest absolute Gasteiger partial charge is 0.491 e. The number of hydrogen-bond acceptors (Lipinski definition) is 6. The summed E-state index contributed by atoms with van der Waals surface area (Å²) in [6, 6.07) is 9.49. The van der Waals surface area contributed by atoms with Gasteiger partial charge in [-0.2, -0.15) is 0 Å². The van der Waals surface area contributed by atoms with Crippen molar-refractivity contribution >= 4 is 22.2 Å².